The van der Waals surface area contributed by atoms with Gasteiger partial charge in [-0.1, -0.05) is 0 Å². The van der Waals surface area contributed by atoms with Crippen molar-refractivity contribution in [2.45, 2.75) is 18.4 Å². The Morgan fingerprint density at radius 2 is 2.00 bits per heavy atom. The summed E-state index contributed by atoms with van der Waals surface area (Å²) in [6.45, 7) is 0. The molecule has 0 aliphatic heterocycles. The molecule has 4 N–H and O–H groups in total. The second-order valence-electron chi connectivity index (χ2n) is 2.38. The highest BCUT2D eigenvalue weighted by Crippen LogP contribution is 2.34. The number of nitrogens with two attached hydrogens (primary N) is 1. The largest absolute Gasteiger partial charge is 0.465 e. The number of primary amides is 1. The van der Waals surface area contributed by atoms with Crippen LogP contribution in [0.25, 0.3) is 0 Å². The maximum atomic E-state index is 10.5. The van der Waals surface area contributed by atoms with E-state index >= 15 is 0 Å². The number of carbonyl (C=O) groups excluding carboxylic acids is 1. The Labute approximate surface area is 57.2 Å². The van der Waals surface area contributed by atoms with Gasteiger partial charge in [-0.15, -0.1) is 0 Å². The highest BCUT2D eigenvalue weighted by atomic mass is 16.4. The van der Waals surface area contributed by atoms with Gasteiger partial charge in [-0.3, -0.25) is 4.79 Å². The molecule has 0 aromatic rings. The van der Waals surface area contributed by atoms with E-state index in [4.69, 9.17) is 10.8 Å². The standard InChI is InChI=1S/C5H8N2O3/c6-3(8)5(1-2-5)7-4(9)10/h7H,1-2H2,(H2,6,8)(H,9,10). The number of nitrogens with one attached hydrogen (secondary N) is 1. The lowest BCUT2D eigenvalue weighted by Crippen LogP contribution is -2.46. The number of rotatable bonds is 2. The van der Waals surface area contributed by atoms with Gasteiger partial charge in [0, 0.05) is 0 Å². The van der Waals surface area contributed by atoms with Crippen molar-refractivity contribution in [3.05, 3.63) is 0 Å². The minimum Gasteiger partial charge on any atom is -0.465 e. The zero-order valence-corrected chi connectivity index (χ0v) is 5.26. The Morgan fingerprint density at radius 1 is 1.50 bits per heavy atom. The molecular weight excluding hydrogens is 136 g/mol. The van der Waals surface area contributed by atoms with Gasteiger partial charge in [0.25, 0.3) is 0 Å². The average Bonchev–Trinajstić information content (AvgIpc) is 2.46. The molecule has 10 heavy (non-hydrogen) atoms. The van der Waals surface area contributed by atoms with Gasteiger partial charge in [0.05, 0.1) is 0 Å². The van der Waals surface area contributed by atoms with E-state index in [9.17, 15) is 9.59 Å². The fraction of sp³-hybridized carbons (Fsp3) is 0.600. The fourth-order valence-corrected chi connectivity index (χ4v) is 0.763. The summed E-state index contributed by atoms with van der Waals surface area (Å²) in [6, 6.07) is 0. The molecule has 1 rings (SSSR count). The van der Waals surface area contributed by atoms with Crippen molar-refractivity contribution in [2.75, 3.05) is 0 Å². The van der Waals surface area contributed by atoms with Gasteiger partial charge in [0.1, 0.15) is 5.54 Å². The molecule has 0 unspecified atom stereocenters. The number of carboxylic acid groups (broad SMARTS) is 1. The molecule has 0 heterocycles. The second kappa shape index (κ2) is 1.86. The summed E-state index contributed by atoms with van der Waals surface area (Å²) >= 11 is 0. The van der Waals surface area contributed by atoms with Gasteiger partial charge in [-0.25, -0.2) is 4.79 Å². The predicted molar refractivity (Wildman–Crippen MR) is 32.3 cm³/mol. The number of amides is 2. The van der Waals surface area contributed by atoms with Gasteiger partial charge in [0.15, 0.2) is 0 Å². The predicted octanol–water partition coefficient (Wildman–Crippen LogP) is -0.728. The summed E-state index contributed by atoms with van der Waals surface area (Å²) < 4.78 is 0. The highest BCUT2D eigenvalue weighted by molar-refractivity contribution is 5.91. The van der Waals surface area contributed by atoms with Crippen LogP contribution in [0.2, 0.25) is 0 Å². The average molecular weight is 144 g/mol. The molecule has 1 aliphatic rings. The van der Waals surface area contributed by atoms with E-state index < -0.39 is 17.5 Å². The molecule has 0 saturated heterocycles. The van der Waals surface area contributed by atoms with Gasteiger partial charge in [0.2, 0.25) is 5.91 Å². The lowest BCUT2D eigenvalue weighted by molar-refractivity contribution is -0.120. The first-order valence-electron chi connectivity index (χ1n) is 2.88. The van der Waals surface area contributed by atoms with Gasteiger partial charge < -0.3 is 16.2 Å². The van der Waals surface area contributed by atoms with Crippen LogP contribution in [0, 0.1) is 0 Å². The molecule has 5 heteroatoms. The Bertz CT molecular complexity index is 185. The van der Waals surface area contributed by atoms with E-state index in [0.29, 0.717) is 12.8 Å². The van der Waals surface area contributed by atoms with Crippen LogP contribution in [0.15, 0.2) is 0 Å². The lowest BCUT2D eigenvalue weighted by atomic mass is 10.3. The molecular formula is C5H8N2O3. The molecule has 0 radical (unpaired) electrons. The van der Waals surface area contributed by atoms with Crippen LogP contribution in [0.5, 0.6) is 0 Å². The quantitative estimate of drug-likeness (QED) is 0.477. The van der Waals surface area contributed by atoms with Crippen molar-refractivity contribution in [3.63, 3.8) is 0 Å². The number of hydrogen-bond acceptors (Lipinski definition) is 2. The van der Waals surface area contributed by atoms with Gasteiger partial charge in [-0.2, -0.15) is 0 Å². The highest BCUT2D eigenvalue weighted by Gasteiger charge is 2.50. The Kier molecular flexibility index (Phi) is 1.28. The van der Waals surface area contributed by atoms with E-state index in [2.05, 4.69) is 5.32 Å². The summed E-state index contributed by atoms with van der Waals surface area (Å²) in [5, 5.41) is 10.3. The van der Waals surface area contributed by atoms with Crippen LogP contribution >= 0.6 is 0 Å². The van der Waals surface area contributed by atoms with Crippen LogP contribution in [0.1, 0.15) is 12.8 Å². The summed E-state index contributed by atoms with van der Waals surface area (Å²) in [7, 11) is 0. The van der Waals surface area contributed by atoms with Gasteiger partial charge in [-0.05, 0) is 12.8 Å². The third kappa shape index (κ3) is 1.02. The Hall–Kier alpha value is -1.26. The summed E-state index contributed by atoms with van der Waals surface area (Å²) in [4.78, 5) is 20.6. The molecule has 56 valence electrons. The van der Waals surface area contributed by atoms with Crippen molar-refractivity contribution in [1.29, 1.82) is 0 Å². The normalized spacial score (nSPS) is 19.6. The number of carbonyl (C=O) groups is 2. The third-order valence-electron chi connectivity index (χ3n) is 1.57. The van der Waals surface area contributed by atoms with Crippen LogP contribution in [0.3, 0.4) is 0 Å². The zero-order chi connectivity index (χ0) is 7.78. The molecule has 5 nitrogen and oxygen atoms in total. The maximum Gasteiger partial charge on any atom is 0.405 e. The molecule has 1 fully saturated rings. The maximum absolute atomic E-state index is 10.5. The van der Waals surface area contributed by atoms with Gasteiger partial charge >= 0.3 is 6.09 Å². The van der Waals surface area contributed by atoms with Crippen molar-refractivity contribution in [3.8, 4) is 0 Å². The molecule has 0 aromatic carbocycles. The number of hydrogen-bond donors (Lipinski definition) is 3. The smallest absolute Gasteiger partial charge is 0.405 e. The fourth-order valence-electron chi connectivity index (χ4n) is 0.763. The molecule has 0 bridgehead atoms. The first-order chi connectivity index (χ1) is 4.57. The van der Waals surface area contributed by atoms with Crippen molar-refractivity contribution in [1.82, 2.24) is 5.32 Å². The van der Waals surface area contributed by atoms with Crippen LogP contribution in [0.4, 0.5) is 4.79 Å². The molecule has 0 aromatic heterocycles. The van der Waals surface area contributed by atoms with Crippen molar-refractivity contribution in [2.24, 2.45) is 5.73 Å². The minimum absolute atomic E-state index is 0.522. The Morgan fingerprint density at radius 3 is 2.10 bits per heavy atom. The second-order valence-corrected chi connectivity index (χ2v) is 2.38. The lowest BCUT2D eigenvalue weighted by Gasteiger charge is -2.08. The molecule has 0 atom stereocenters. The molecule has 2 amide bonds. The van der Waals surface area contributed by atoms with Crippen molar-refractivity contribution < 1.29 is 14.7 Å². The summed E-state index contributed by atoms with van der Waals surface area (Å²) in [5.41, 5.74) is 3.98. The van der Waals surface area contributed by atoms with E-state index in [-0.39, 0.29) is 0 Å². The van der Waals surface area contributed by atoms with Crippen LogP contribution in [-0.4, -0.2) is 22.6 Å². The first kappa shape index (κ1) is 6.85. The first-order valence-corrected chi connectivity index (χ1v) is 2.88. The van der Waals surface area contributed by atoms with Crippen molar-refractivity contribution >= 4 is 12.0 Å². The monoisotopic (exact) mass is 144 g/mol. The topological polar surface area (TPSA) is 92.4 Å². The summed E-state index contributed by atoms with van der Waals surface area (Å²) in [5.74, 6) is -0.588. The Balaban J connectivity index is 2.53. The van der Waals surface area contributed by atoms with E-state index in [1.807, 2.05) is 0 Å². The zero-order valence-electron chi connectivity index (χ0n) is 5.26. The molecule has 1 saturated carbocycles. The third-order valence-corrected chi connectivity index (χ3v) is 1.57. The summed E-state index contributed by atoms with van der Waals surface area (Å²) in [6.07, 6.45) is -0.153. The van der Waals surface area contributed by atoms with E-state index in [1.165, 1.54) is 0 Å². The van der Waals surface area contributed by atoms with E-state index in [1.54, 1.807) is 0 Å². The SMILES string of the molecule is NC(=O)C1(NC(=O)O)CC1. The van der Waals surface area contributed by atoms with Crippen LogP contribution in [-0.2, 0) is 4.79 Å². The van der Waals surface area contributed by atoms with Crippen LogP contribution < -0.4 is 11.1 Å². The minimum atomic E-state index is -1.20. The van der Waals surface area contributed by atoms with E-state index in [0.717, 1.165) is 0 Å². The molecule has 1 aliphatic carbocycles. The molecule has 0 spiro atoms.